The van der Waals surface area contributed by atoms with E-state index in [1.54, 1.807) is 6.92 Å². The van der Waals surface area contributed by atoms with Crippen LogP contribution in [-0.4, -0.2) is 34.1 Å². The van der Waals surface area contributed by atoms with Crippen molar-refractivity contribution in [2.45, 2.75) is 111 Å². The number of aryl methyl sites for hydroxylation is 1. The van der Waals surface area contributed by atoms with Crippen LogP contribution in [0.2, 0.25) is 0 Å². The summed E-state index contributed by atoms with van der Waals surface area (Å²) in [6.07, 6.45) is 11.0. The van der Waals surface area contributed by atoms with E-state index in [0.717, 1.165) is 55.4 Å². The topological polar surface area (TPSA) is 81.3 Å². The van der Waals surface area contributed by atoms with Crippen LogP contribution in [0.25, 0.3) is 11.0 Å². The predicted octanol–water partition coefficient (Wildman–Crippen LogP) is 7.26. The van der Waals surface area contributed by atoms with Gasteiger partial charge in [-0.05, 0) is 111 Å². The zero-order valence-corrected chi connectivity index (χ0v) is 25.1. The van der Waals surface area contributed by atoms with Gasteiger partial charge in [-0.15, -0.1) is 0 Å². The molecule has 6 heteroatoms. The third-order valence-corrected chi connectivity index (χ3v) is 12.4. The monoisotopic (exact) mass is 548 g/mol. The summed E-state index contributed by atoms with van der Waals surface area (Å²) in [7, 11) is 0. The van der Waals surface area contributed by atoms with Gasteiger partial charge in [0.15, 0.2) is 0 Å². The van der Waals surface area contributed by atoms with E-state index >= 15 is 0 Å². The molecule has 40 heavy (non-hydrogen) atoms. The van der Waals surface area contributed by atoms with E-state index in [2.05, 4.69) is 44.0 Å². The number of fused-ring (bicyclic) bond motifs is 6. The maximum absolute atomic E-state index is 12.5. The van der Waals surface area contributed by atoms with Crippen molar-refractivity contribution in [1.82, 2.24) is 9.97 Å². The second kappa shape index (κ2) is 10.5. The third kappa shape index (κ3) is 4.67. The Morgan fingerprint density at radius 2 is 1.77 bits per heavy atom. The zero-order valence-electron chi connectivity index (χ0n) is 25.1. The van der Waals surface area contributed by atoms with Gasteiger partial charge in [0.05, 0.1) is 11.0 Å². The third-order valence-electron chi connectivity index (χ3n) is 12.4. The molecule has 1 N–H and O–H groups in total. The highest BCUT2D eigenvalue weighted by molar-refractivity contribution is 5.74. The van der Waals surface area contributed by atoms with Crippen molar-refractivity contribution in [3.05, 3.63) is 30.1 Å². The molecular formula is C34H48N2O4. The van der Waals surface area contributed by atoms with Gasteiger partial charge < -0.3 is 14.5 Å². The van der Waals surface area contributed by atoms with Gasteiger partial charge in [0, 0.05) is 25.7 Å². The lowest BCUT2D eigenvalue weighted by Gasteiger charge is -2.62. The summed E-state index contributed by atoms with van der Waals surface area (Å²) in [6.45, 7) is 10.5. The highest BCUT2D eigenvalue weighted by Gasteiger charge is 2.65. The van der Waals surface area contributed by atoms with Crippen molar-refractivity contribution in [3.8, 4) is 0 Å². The molecule has 6 rings (SSSR count). The van der Waals surface area contributed by atoms with E-state index in [-0.39, 0.29) is 35.0 Å². The van der Waals surface area contributed by atoms with E-state index in [9.17, 15) is 9.59 Å². The number of carbonyl (C=O) groups excluding carboxylic acids is 2. The molecule has 0 amide bonds. The van der Waals surface area contributed by atoms with Crippen molar-refractivity contribution in [2.75, 3.05) is 0 Å². The van der Waals surface area contributed by atoms with Crippen LogP contribution in [0.1, 0.15) is 98.2 Å². The van der Waals surface area contributed by atoms with Crippen molar-refractivity contribution in [3.63, 3.8) is 0 Å². The van der Waals surface area contributed by atoms with Gasteiger partial charge in [-0.1, -0.05) is 32.9 Å². The summed E-state index contributed by atoms with van der Waals surface area (Å²) in [6, 6.07) is 8.26. The first-order valence-corrected chi connectivity index (χ1v) is 15.9. The fourth-order valence-electron chi connectivity index (χ4n) is 10.5. The molecule has 4 aliphatic rings. The van der Waals surface area contributed by atoms with Crippen LogP contribution >= 0.6 is 0 Å². The average Bonchev–Trinajstić information content (AvgIpc) is 3.49. The van der Waals surface area contributed by atoms with Crippen LogP contribution in [0.5, 0.6) is 0 Å². The van der Waals surface area contributed by atoms with Crippen molar-refractivity contribution >= 4 is 23.0 Å². The van der Waals surface area contributed by atoms with Crippen LogP contribution in [0, 0.1) is 46.3 Å². The number of rotatable bonds is 6. The minimum Gasteiger partial charge on any atom is -0.463 e. The van der Waals surface area contributed by atoms with Gasteiger partial charge in [0.1, 0.15) is 18.0 Å². The van der Waals surface area contributed by atoms with Crippen LogP contribution in [0.15, 0.2) is 24.3 Å². The Kier molecular flexibility index (Phi) is 7.28. The second-order valence-corrected chi connectivity index (χ2v) is 14.3. The van der Waals surface area contributed by atoms with Crippen molar-refractivity contribution < 1.29 is 19.1 Å². The molecule has 1 heterocycles. The Labute approximate surface area is 239 Å². The smallest absolute Gasteiger partial charge is 0.302 e. The number of aromatic nitrogens is 2. The molecule has 0 radical (unpaired) electrons. The number of para-hydroxylation sites is 2. The minimum absolute atomic E-state index is 0.0122. The number of carbonyl (C=O) groups is 2. The predicted molar refractivity (Wildman–Crippen MR) is 155 cm³/mol. The number of hydrogen-bond donors (Lipinski definition) is 1. The first-order chi connectivity index (χ1) is 19.1. The molecule has 0 unspecified atom stereocenters. The number of hydrogen-bond acceptors (Lipinski definition) is 5. The Bertz CT molecular complexity index is 1220. The lowest BCUT2D eigenvalue weighted by Crippen LogP contribution is -2.59. The number of nitrogens with one attached hydrogen (secondary N) is 1. The molecule has 0 bridgehead atoms. The number of H-pyrrole nitrogens is 1. The van der Waals surface area contributed by atoms with Gasteiger partial charge in [0.25, 0.3) is 0 Å². The lowest BCUT2D eigenvalue weighted by atomic mass is 9.43. The van der Waals surface area contributed by atoms with E-state index < -0.39 is 0 Å². The molecule has 0 aliphatic heterocycles. The van der Waals surface area contributed by atoms with Crippen molar-refractivity contribution in [2.24, 2.45) is 46.3 Å². The van der Waals surface area contributed by atoms with E-state index in [1.165, 1.54) is 32.6 Å². The number of imidazole rings is 1. The number of nitrogens with zero attached hydrogens (tertiary/aromatic N) is 1. The van der Waals surface area contributed by atoms with E-state index in [1.807, 2.05) is 6.07 Å². The molecule has 10 atom stereocenters. The summed E-state index contributed by atoms with van der Waals surface area (Å²) in [5.74, 6) is 4.28. The molecule has 0 saturated heterocycles. The molecule has 1 aromatic heterocycles. The summed E-state index contributed by atoms with van der Waals surface area (Å²) < 4.78 is 12.0. The van der Waals surface area contributed by atoms with Crippen LogP contribution in [-0.2, 0) is 25.5 Å². The van der Waals surface area contributed by atoms with Gasteiger partial charge >= 0.3 is 11.9 Å². The van der Waals surface area contributed by atoms with Crippen molar-refractivity contribution in [1.29, 1.82) is 0 Å². The Balaban J connectivity index is 1.22. The Morgan fingerprint density at radius 3 is 2.52 bits per heavy atom. The molecule has 0 spiro atoms. The summed E-state index contributed by atoms with van der Waals surface area (Å²) in [5.41, 5.74) is 2.39. The average molecular weight is 549 g/mol. The van der Waals surface area contributed by atoms with E-state index in [4.69, 9.17) is 14.5 Å². The number of ether oxygens (including phenoxy) is 2. The fourth-order valence-corrected chi connectivity index (χ4v) is 10.5. The number of benzene rings is 1. The molecule has 218 valence electrons. The van der Waals surface area contributed by atoms with Crippen LogP contribution in [0.4, 0.5) is 0 Å². The molecule has 1 aromatic carbocycles. The van der Waals surface area contributed by atoms with Crippen LogP contribution in [0.3, 0.4) is 0 Å². The van der Waals surface area contributed by atoms with E-state index in [0.29, 0.717) is 35.5 Å². The molecule has 6 nitrogen and oxygen atoms in total. The fraction of sp³-hybridized carbons (Fsp3) is 0.735. The first kappa shape index (κ1) is 27.8. The number of aromatic amines is 1. The second-order valence-electron chi connectivity index (χ2n) is 14.3. The van der Waals surface area contributed by atoms with Gasteiger partial charge in [0.2, 0.25) is 0 Å². The molecular weight excluding hydrogens is 500 g/mol. The summed E-state index contributed by atoms with van der Waals surface area (Å²) in [4.78, 5) is 32.5. The van der Waals surface area contributed by atoms with Crippen LogP contribution < -0.4 is 0 Å². The molecule has 4 saturated carbocycles. The molecule has 4 aliphatic carbocycles. The quantitative estimate of drug-likeness (QED) is 0.384. The molecule has 4 fully saturated rings. The maximum atomic E-state index is 12.5. The van der Waals surface area contributed by atoms with Gasteiger partial charge in [-0.25, -0.2) is 4.98 Å². The summed E-state index contributed by atoms with van der Waals surface area (Å²) in [5, 5.41) is 0. The zero-order chi connectivity index (χ0) is 28.2. The SMILES string of the molecule is CC(=O)O[C@@H]1CC[C@@]2(C)[C@H](CC[C@H]3[C@H]2C[C@H](OC(C)=O)[C@@]2(C)[C@@H]3CC[C@H]2[C@H](C)CCc2nc3ccccc3[nH]2)C1. The summed E-state index contributed by atoms with van der Waals surface area (Å²) >= 11 is 0. The lowest BCUT2D eigenvalue weighted by molar-refractivity contribution is -0.197. The standard InChI is InChI=1S/C34H48N2O4/c1-20(10-15-32-35-29-8-6-7-9-30(29)36-32)26-13-14-27-25-12-11-23-18-24(39-21(2)37)16-17-33(23,4)28(25)19-31(34(26,27)5)40-22(3)38/h6-9,20,23-28,31H,10-19H2,1-5H3,(H,35,36)/t20-,23-,24-,25-,26+,27-,28-,31+,33+,34-/m1/s1. The molecule has 2 aromatic rings. The highest BCUT2D eigenvalue weighted by Crippen LogP contribution is 2.69. The van der Waals surface area contributed by atoms with Gasteiger partial charge in [-0.3, -0.25) is 9.59 Å². The largest absolute Gasteiger partial charge is 0.463 e. The maximum Gasteiger partial charge on any atom is 0.302 e. The Morgan fingerprint density at radius 1 is 1.00 bits per heavy atom. The van der Waals surface area contributed by atoms with Gasteiger partial charge in [-0.2, -0.15) is 0 Å². The minimum atomic E-state index is -0.155. The first-order valence-electron chi connectivity index (χ1n) is 15.9. The normalized spacial score (nSPS) is 39.6. The highest BCUT2D eigenvalue weighted by atomic mass is 16.5. The number of esters is 2. The Hall–Kier alpha value is -2.37.